The Morgan fingerprint density at radius 2 is 1.79 bits per heavy atom. The molecule has 1 aromatic heterocycles. The van der Waals surface area contributed by atoms with Gasteiger partial charge in [0.25, 0.3) is 0 Å². The first-order chi connectivity index (χ1) is 15.9. The topological polar surface area (TPSA) is 63.8 Å². The first-order valence-electron chi connectivity index (χ1n) is 10.8. The van der Waals surface area contributed by atoms with E-state index in [-0.39, 0.29) is 17.9 Å². The Kier molecular flexibility index (Phi) is 6.56. The maximum absolute atomic E-state index is 12.6. The lowest BCUT2D eigenvalue weighted by Gasteiger charge is -2.12. The molecule has 0 amide bonds. The Morgan fingerprint density at radius 1 is 1.09 bits per heavy atom. The molecule has 168 valence electrons. The van der Waals surface area contributed by atoms with Crippen LogP contribution in [0.2, 0.25) is 0 Å². The summed E-state index contributed by atoms with van der Waals surface area (Å²) in [7, 11) is 0. The number of ether oxygens (including phenoxy) is 1. The summed E-state index contributed by atoms with van der Waals surface area (Å²) in [5, 5.41) is 11.4. The summed E-state index contributed by atoms with van der Waals surface area (Å²) in [4.78, 5) is 17.8. The van der Waals surface area contributed by atoms with Crippen molar-refractivity contribution in [1.82, 2.24) is 4.57 Å². The molecule has 3 aromatic rings. The summed E-state index contributed by atoms with van der Waals surface area (Å²) in [6.07, 6.45) is 1.91. The quantitative estimate of drug-likeness (QED) is 0.438. The van der Waals surface area contributed by atoms with E-state index >= 15 is 0 Å². The normalized spacial score (nSPS) is 16.1. The second kappa shape index (κ2) is 9.55. The number of aliphatic imine (C=N–C) groups is 1. The van der Waals surface area contributed by atoms with E-state index in [9.17, 15) is 9.90 Å². The van der Waals surface area contributed by atoms with Gasteiger partial charge in [-0.05, 0) is 69.2 Å². The molecule has 1 aliphatic rings. The largest absolute Gasteiger partial charge is 0.506 e. The number of aliphatic hydroxyl groups is 1. The van der Waals surface area contributed by atoms with Gasteiger partial charge in [0.2, 0.25) is 0 Å². The lowest BCUT2D eigenvalue weighted by atomic mass is 10.1. The lowest BCUT2D eigenvalue weighted by Crippen LogP contribution is -2.12. The smallest absolute Gasteiger partial charge is 0.344 e. The molecule has 0 saturated carbocycles. The molecule has 0 saturated heterocycles. The summed E-state index contributed by atoms with van der Waals surface area (Å²) in [6, 6.07) is 19.7. The number of nitrogens with zero attached hydrogens (tertiary/aromatic N) is 2. The predicted octanol–water partition coefficient (Wildman–Crippen LogP) is 6.60. The van der Waals surface area contributed by atoms with E-state index in [1.165, 1.54) is 17.3 Å². The van der Waals surface area contributed by atoms with Crippen molar-refractivity contribution in [3.05, 3.63) is 99.4 Å². The van der Waals surface area contributed by atoms with E-state index in [1.807, 2.05) is 48.5 Å². The summed E-state index contributed by atoms with van der Waals surface area (Å²) in [5.74, 6) is -0.681. The zero-order valence-electron chi connectivity index (χ0n) is 19.1. The summed E-state index contributed by atoms with van der Waals surface area (Å²) in [6.45, 7) is 8.16. The third-order valence-electron chi connectivity index (χ3n) is 5.47. The number of thioether (sulfide) groups is 1. The van der Waals surface area contributed by atoms with Crippen LogP contribution in [0.4, 0.5) is 5.69 Å². The van der Waals surface area contributed by atoms with Crippen LogP contribution >= 0.6 is 11.8 Å². The van der Waals surface area contributed by atoms with Crippen molar-refractivity contribution in [2.24, 2.45) is 4.99 Å². The van der Waals surface area contributed by atoms with E-state index in [0.29, 0.717) is 15.6 Å². The molecule has 1 N–H and O–H groups in total. The van der Waals surface area contributed by atoms with Crippen LogP contribution in [0, 0.1) is 20.8 Å². The number of para-hydroxylation sites is 2. The lowest BCUT2D eigenvalue weighted by molar-refractivity contribution is -0.138. The van der Waals surface area contributed by atoms with Gasteiger partial charge in [-0.15, -0.1) is 0 Å². The van der Waals surface area contributed by atoms with Gasteiger partial charge in [-0.1, -0.05) is 48.2 Å². The van der Waals surface area contributed by atoms with Gasteiger partial charge in [0.1, 0.15) is 16.4 Å². The predicted molar refractivity (Wildman–Crippen MR) is 135 cm³/mol. The van der Waals surface area contributed by atoms with Crippen molar-refractivity contribution in [2.75, 3.05) is 6.61 Å². The summed E-state index contributed by atoms with van der Waals surface area (Å²) < 4.78 is 7.40. The highest BCUT2D eigenvalue weighted by molar-refractivity contribution is 8.18. The van der Waals surface area contributed by atoms with Gasteiger partial charge >= 0.3 is 5.97 Å². The van der Waals surface area contributed by atoms with Gasteiger partial charge in [-0.2, -0.15) is 0 Å². The second-order valence-electron chi connectivity index (χ2n) is 7.76. The molecule has 0 bridgehead atoms. The molecule has 5 nitrogen and oxygen atoms in total. The molecule has 0 spiro atoms. The molecule has 1 aliphatic heterocycles. The Hall–Kier alpha value is -3.51. The fourth-order valence-corrected chi connectivity index (χ4v) is 4.90. The van der Waals surface area contributed by atoms with Crippen LogP contribution in [0.25, 0.3) is 11.8 Å². The molecule has 4 rings (SSSR count). The second-order valence-corrected chi connectivity index (χ2v) is 8.79. The average molecular weight is 459 g/mol. The minimum Gasteiger partial charge on any atom is -0.506 e. The summed E-state index contributed by atoms with van der Waals surface area (Å²) >= 11 is 1.27. The van der Waals surface area contributed by atoms with Gasteiger partial charge in [-0.25, -0.2) is 9.79 Å². The number of rotatable bonds is 5. The zero-order valence-corrected chi connectivity index (χ0v) is 19.9. The van der Waals surface area contributed by atoms with Crippen molar-refractivity contribution in [2.45, 2.75) is 27.7 Å². The van der Waals surface area contributed by atoms with Crippen LogP contribution in [0.5, 0.6) is 0 Å². The Labute approximate surface area is 198 Å². The number of carbonyl (C=O) groups is 1. The van der Waals surface area contributed by atoms with Crippen molar-refractivity contribution in [1.29, 1.82) is 0 Å². The van der Waals surface area contributed by atoms with Gasteiger partial charge in [0.05, 0.1) is 17.2 Å². The number of hydrogen-bond acceptors (Lipinski definition) is 5. The fourth-order valence-electron chi connectivity index (χ4n) is 3.87. The van der Waals surface area contributed by atoms with Crippen LogP contribution in [0.1, 0.15) is 29.4 Å². The molecular formula is C27H26N2O3S. The number of aryl methyl sites for hydroxylation is 2. The van der Waals surface area contributed by atoms with Crippen molar-refractivity contribution in [3.63, 3.8) is 0 Å². The van der Waals surface area contributed by atoms with Crippen LogP contribution < -0.4 is 0 Å². The van der Waals surface area contributed by atoms with E-state index < -0.39 is 5.97 Å². The maximum Gasteiger partial charge on any atom is 0.344 e. The summed E-state index contributed by atoms with van der Waals surface area (Å²) in [5.41, 5.74) is 6.21. The van der Waals surface area contributed by atoms with Crippen molar-refractivity contribution < 1.29 is 14.6 Å². The van der Waals surface area contributed by atoms with Crippen molar-refractivity contribution in [3.8, 4) is 5.69 Å². The third-order valence-corrected chi connectivity index (χ3v) is 6.49. The van der Waals surface area contributed by atoms with Crippen LogP contribution in [-0.2, 0) is 9.53 Å². The van der Waals surface area contributed by atoms with Crippen LogP contribution in [-0.4, -0.2) is 27.3 Å². The highest BCUT2D eigenvalue weighted by atomic mass is 32.2. The number of hydrogen-bond donors (Lipinski definition) is 1. The Balaban J connectivity index is 1.79. The molecule has 2 aromatic carbocycles. The Morgan fingerprint density at radius 3 is 2.48 bits per heavy atom. The van der Waals surface area contributed by atoms with Gasteiger partial charge in [0, 0.05) is 17.1 Å². The molecular weight excluding hydrogens is 432 g/mol. The van der Waals surface area contributed by atoms with E-state index in [4.69, 9.17) is 4.74 Å². The number of aromatic nitrogens is 1. The zero-order chi connectivity index (χ0) is 23.5. The highest BCUT2D eigenvalue weighted by Gasteiger charge is 2.33. The van der Waals surface area contributed by atoms with E-state index in [2.05, 4.69) is 48.5 Å². The SMILES string of the molecule is CCOC(=O)C1=C(O)/C(=C/c2cc(C)n(-c3ccccc3C)c2C)SC1=Nc1ccccc1. The molecule has 0 unspecified atom stereocenters. The van der Waals surface area contributed by atoms with E-state index in [1.54, 1.807) is 6.92 Å². The molecule has 2 heterocycles. The van der Waals surface area contributed by atoms with Crippen LogP contribution in [0.15, 0.2) is 81.9 Å². The number of aliphatic hydroxyl groups excluding tert-OH is 1. The molecule has 0 atom stereocenters. The van der Waals surface area contributed by atoms with Gasteiger partial charge in [0.15, 0.2) is 0 Å². The van der Waals surface area contributed by atoms with Gasteiger partial charge < -0.3 is 14.4 Å². The molecule has 0 fully saturated rings. The monoisotopic (exact) mass is 458 g/mol. The standard InChI is InChI=1S/C27H26N2O3S/c1-5-32-27(31)24-25(30)23(33-26(24)28-21-12-7-6-8-13-21)16-20-15-18(3)29(19(20)4)22-14-10-9-11-17(22)2/h6-16,30H,5H2,1-4H3/b23-16-,28-26?. The maximum atomic E-state index is 12.6. The minimum absolute atomic E-state index is 0.102. The number of benzene rings is 2. The Bertz CT molecular complexity index is 1300. The average Bonchev–Trinajstić information content (AvgIpc) is 3.24. The first-order valence-corrected chi connectivity index (χ1v) is 11.6. The van der Waals surface area contributed by atoms with Gasteiger partial charge in [-0.3, -0.25) is 0 Å². The first kappa shape index (κ1) is 22.7. The highest BCUT2D eigenvalue weighted by Crippen LogP contribution is 2.41. The molecule has 6 heteroatoms. The third kappa shape index (κ3) is 4.52. The van der Waals surface area contributed by atoms with Crippen molar-refractivity contribution >= 4 is 34.5 Å². The minimum atomic E-state index is -0.578. The molecule has 0 aliphatic carbocycles. The van der Waals surface area contributed by atoms with Crippen LogP contribution in [0.3, 0.4) is 0 Å². The molecule has 33 heavy (non-hydrogen) atoms. The number of carbonyl (C=O) groups excluding carboxylic acids is 1. The molecule has 0 radical (unpaired) electrons. The van der Waals surface area contributed by atoms with E-state index in [0.717, 1.165) is 22.6 Å². The fraction of sp³-hybridized carbons (Fsp3) is 0.185. The number of esters is 1.